The van der Waals surface area contributed by atoms with E-state index >= 15 is 0 Å². The molecule has 0 saturated heterocycles. The molecule has 0 fully saturated rings. The Balaban J connectivity index is 1.77. The van der Waals surface area contributed by atoms with Crippen LogP contribution in [-0.4, -0.2) is 16.1 Å². The molecule has 0 amide bonds. The van der Waals surface area contributed by atoms with Crippen molar-refractivity contribution in [3.8, 4) is 16.3 Å². The molecule has 27 heavy (non-hydrogen) atoms. The minimum absolute atomic E-state index is 0.0485. The second-order valence-corrected chi connectivity index (χ2v) is 7.14. The Morgan fingerprint density at radius 3 is 2.59 bits per heavy atom. The first-order chi connectivity index (χ1) is 13.1. The number of carbonyl (C=O) groups is 1. The van der Waals surface area contributed by atoms with Crippen LogP contribution in [0.25, 0.3) is 21.3 Å². The van der Waals surface area contributed by atoms with E-state index < -0.39 is 5.97 Å². The van der Waals surface area contributed by atoms with E-state index in [9.17, 15) is 9.90 Å². The van der Waals surface area contributed by atoms with Crippen LogP contribution in [0.5, 0.6) is 5.75 Å². The summed E-state index contributed by atoms with van der Waals surface area (Å²) in [5.41, 5.74) is 3.16. The predicted molar refractivity (Wildman–Crippen MR) is 108 cm³/mol. The van der Waals surface area contributed by atoms with E-state index in [-0.39, 0.29) is 5.69 Å². The van der Waals surface area contributed by atoms with Gasteiger partial charge >= 0.3 is 5.97 Å². The standard InChI is InChI=1S/C22H17NO3S/c1-14-6-8-15(9-7-14)12-26-19-11-10-16-4-2-3-5-17(16)20(19)21-23-18(13-27-21)22(24)25/h2-11,13H,12H2,1H3,(H,24,25). The molecule has 0 aliphatic carbocycles. The summed E-state index contributed by atoms with van der Waals surface area (Å²) in [7, 11) is 0. The zero-order valence-corrected chi connectivity index (χ0v) is 15.5. The molecule has 4 rings (SSSR count). The number of hydrogen-bond acceptors (Lipinski definition) is 4. The van der Waals surface area contributed by atoms with Crippen LogP contribution in [0.1, 0.15) is 21.6 Å². The van der Waals surface area contributed by atoms with Crippen molar-refractivity contribution in [2.45, 2.75) is 13.5 Å². The van der Waals surface area contributed by atoms with E-state index in [4.69, 9.17) is 4.74 Å². The minimum atomic E-state index is -1.03. The first kappa shape index (κ1) is 17.2. The number of carboxylic acid groups (broad SMARTS) is 1. The molecule has 4 nitrogen and oxygen atoms in total. The lowest BCUT2D eigenvalue weighted by atomic mass is 10.0. The highest BCUT2D eigenvalue weighted by Gasteiger charge is 2.17. The molecule has 5 heteroatoms. The fraction of sp³-hybridized carbons (Fsp3) is 0.0909. The van der Waals surface area contributed by atoms with E-state index in [0.29, 0.717) is 17.4 Å². The van der Waals surface area contributed by atoms with Crippen LogP contribution in [0.3, 0.4) is 0 Å². The summed E-state index contributed by atoms with van der Waals surface area (Å²) in [5.74, 6) is -0.333. The molecule has 3 aromatic carbocycles. The van der Waals surface area contributed by atoms with E-state index in [0.717, 1.165) is 21.9 Å². The van der Waals surface area contributed by atoms with Crippen molar-refractivity contribution >= 4 is 28.1 Å². The van der Waals surface area contributed by atoms with Crippen LogP contribution in [0.2, 0.25) is 0 Å². The van der Waals surface area contributed by atoms with E-state index in [1.165, 1.54) is 16.9 Å². The topological polar surface area (TPSA) is 59.4 Å². The molecule has 1 aromatic heterocycles. The third-order valence-electron chi connectivity index (χ3n) is 4.34. The fourth-order valence-electron chi connectivity index (χ4n) is 2.92. The van der Waals surface area contributed by atoms with Crippen LogP contribution >= 0.6 is 11.3 Å². The number of carboxylic acids is 1. The number of ether oxygens (including phenoxy) is 1. The van der Waals surface area contributed by atoms with Crippen molar-refractivity contribution in [3.63, 3.8) is 0 Å². The zero-order valence-electron chi connectivity index (χ0n) is 14.7. The molecule has 0 aliphatic rings. The quantitative estimate of drug-likeness (QED) is 0.497. The van der Waals surface area contributed by atoms with Crippen LogP contribution in [0.15, 0.2) is 66.0 Å². The Labute approximate surface area is 160 Å². The third kappa shape index (κ3) is 3.55. The Hall–Kier alpha value is -3.18. The van der Waals surface area contributed by atoms with Gasteiger partial charge in [0.15, 0.2) is 5.69 Å². The Morgan fingerprint density at radius 2 is 1.85 bits per heavy atom. The molecular weight excluding hydrogens is 358 g/mol. The van der Waals surface area contributed by atoms with Gasteiger partial charge in [-0.3, -0.25) is 0 Å². The number of benzene rings is 3. The molecular formula is C22H17NO3S. The molecule has 0 aliphatic heterocycles. The monoisotopic (exact) mass is 375 g/mol. The number of aromatic nitrogens is 1. The number of aromatic carboxylic acids is 1. The third-order valence-corrected chi connectivity index (χ3v) is 5.20. The molecule has 0 bridgehead atoms. The molecule has 1 heterocycles. The molecule has 4 aromatic rings. The number of thiazole rings is 1. The van der Waals surface area contributed by atoms with E-state index in [1.807, 2.05) is 48.5 Å². The number of fused-ring (bicyclic) bond motifs is 1. The largest absolute Gasteiger partial charge is 0.488 e. The van der Waals surface area contributed by atoms with Gasteiger partial charge in [-0.05, 0) is 29.3 Å². The number of rotatable bonds is 5. The lowest BCUT2D eigenvalue weighted by molar-refractivity contribution is 0.0691. The highest BCUT2D eigenvalue weighted by molar-refractivity contribution is 7.13. The van der Waals surface area contributed by atoms with E-state index in [1.54, 1.807) is 5.38 Å². The minimum Gasteiger partial charge on any atom is -0.488 e. The average Bonchev–Trinajstić information content (AvgIpc) is 3.17. The van der Waals surface area contributed by atoms with Crippen molar-refractivity contribution < 1.29 is 14.6 Å². The van der Waals surface area contributed by atoms with Gasteiger partial charge in [-0.15, -0.1) is 11.3 Å². The van der Waals surface area contributed by atoms with Crippen LogP contribution in [0.4, 0.5) is 0 Å². The molecule has 0 atom stereocenters. The first-order valence-electron chi connectivity index (χ1n) is 8.51. The summed E-state index contributed by atoms with van der Waals surface area (Å²) in [4.78, 5) is 15.5. The lowest BCUT2D eigenvalue weighted by Crippen LogP contribution is -1.99. The molecule has 0 radical (unpaired) electrons. The van der Waals surface area contributed by atoms with E-state index in [2.05, 4.69) is 24.0 Å². The van der Waals surface area contributed by atoms with Gasteiger partial charge in [0.05, 0.1) is 5.56 Å². The molecule has 1 N–H and O–H groups in total. The van der Waals surface area contributed by atoms with Crippen LogP contribution in [0, 0.1) is 6.92 Å². The van der Waals surface area contributed by atoms with Gasteiger partial charge in [0, 0.05) is 5.38 Å². The highest BCUT2D eigenvalue weighted by Crippen LogP contribution is 2.39. The molecule has 0 saturated carbocycles. The maximum absolute atomic E-state index is 11.2. The van der Waals surface area contributed by atoms with Crippen molar-refractivity contribution in [3.05, 3.63) is 82.9 Å². The van der Waals surface area contributed by atoms with Gasteiger partial charge in [-0.2, -0.15) is 0 Å². The molecule has 134 valence electrons. The summed E-state index contributed by atoms with van der Waals surface area (Å²) in [6.07, 6.45) is 0. The summed E-state index contributed by atoms with van der Waals surface area (Å²) in [6.45, 7) is 2.48. The normalized spacial score (nSPS) is 10.9. The summed E-state index contributed by atoms with van der Waals surface area (Å²) in [5, 5.41) is 13.5. The fourth-order valence-corrected chi connectivity index (χ4v) is 3.78. The van der Waals surface area contributed by atoms with Crippen molar-refractivity contribution in [2.75, 3.05) is 0 Å². The van der Waals surface area contributed by atoms with Gasteiger partial charge in [0.25, 0.3) is 0 Å². The summed E-state index contributed by atoms with van der Waals surface area (Å²) in [6, 6.07) is 20.1. The van der Waals surface area contributed by atoms with Gasteiger partial charge in [0.2, 0.25) is 0 Å². The Morgan fingerprint density at radius 1 is 1.07 bits per heavy atom. The summed E-state index contributed by atoms with van der Waals surface area (Å²) < 4.78 is 6.11. The smallest absolute Gasteiger partial charge is 0.355 e. The molecule has 0 spiro atoms. The van der Waals surface area contributed by atoms with Crippen molar-refractivity contribution in [1.82, 2.24) is 4.98 Å². The SMILES string of the molecule is Cc1ccc(COc2ccc3ccccc3c2-c2nc(C(=O)O)cs2)cc1. The number of nitrogens with zero attached hydrogens (tertiary/aromatic N) is 1. The van der Waals surface area contributed by atoms with Gasteiger partial charge in [-0.1, -0.05) is 60.2 Å². The van der Waals surface area contributed by atoms with Crippen molar-refractivity contribution in [1.29, 1.82) is 0 Å². The van der Waals surface area contributed by atoms with Gasteiger partial charge < -0.3 is 9.84 Å². The maximum Gasteiger partial charge on any atom is 0.355 e. The second-order valence-electron chi connectivity index (χ2n) is 6.28. The maximum atomic E-state index is 11.2. The van der Waals surface area contributed by atoms with Gasteiger partial charge in [-0.25, -0.2) is 9.78 Å². The average molecular weight is 375 g/mol. The molecule has 0 unspecified atom stereocenters. The van der Waals surface area contributed by atoms with Crippen LogP contribution < -0.4 is 4.74 Å². The highest BCUT2D eigenvalue weighted by atomic mass is 32.1. The Kier molecular flexibility index (Phi) is 4.60. The van der Waals surface area contributed by atoms with Crippen molar-refractivity contribution in [2.24, 2.45) is 0 Å². The summed E-state index contributed by atoms with van der Waals surface area (Å²) >= 11 is 1.31. The first-order valence-corrected chi connectivity index (χ1v) is 9.39. The predicted octanol–water partition coefficient (Wildman–Crippen LogP) is 5.55. The van der Waals surface area contributed by atoms with Gasteiger partial charge in [0.1, 0.15) is 17.4 Å². The lowest BCUT2D eigenvalue weighted by Gasteiger charge is -2.13. The zero-order chi connectivity index (χ0) is 18.8. The number of aryl methyl sites for hydroxylation is 1. The number of hydrogen-bond donors (Lipinski definition) is 1. The second kappa shape index (κ2) is 7.21. The van der Waals surface area contributed by atoms with Crippen LogP contribution in [-0.2, 0) is 6.61 Å². The Bertz CT molecular complexity index is 1120.